The Bertz CT molecular complexity index is 1190. The number of fused-ring (bicyclic) bond motifs is 3. The number of ether oxygens (including phenoxy) is 1. The first-order chi connectivity index (χ1) is 14.3. The second-order valence-electron chi connectivity index (χ2n) is 8.80. The molecule has 0 aliphatic heterocycles. The Hall–Kier alpha value is -2.41. The van der Waals surface area contributed by atoms with Gasteiger partial charge in [0.25, 0.3) is 5.56 Å². The largest absolute Gasteiger partial charge is 0.488 e. The normalized spacial score (nSPS) is 13.9. The Balaban J connectivity index is 1.75. The molecular weight excluding hydrogens is 398 g/mol. The van der Waals surface area contributed by atoms with Gasteiger partial charge in [0.1, 0.15) is 10.7 Å². The maximum atomic E-state index is 13.5. The van der Waals surface area contributed by atoms with Gasteiger partial charge in [0.15, 0.2) is 5.75 Å². The minimum Gasteiger partial charge on any atom is -0.488 e. The van der Waals surface area contributed by atoms with Crippen molar-refractivity contribution in [3.8, 4) is 5.75 Å². The van der Waals surface area contributed by atoms with Crippen molar-refractivity contribution in [2.45, 2.75) is 65.8 Å². The molecule has 0 unspecified atom stereocenters. The summed E-state index contributed by atoms with van der Waals surface area (Å²) in [7, 11) is 0. The number of hydrogen-bond acceptors (Lipinski definition) is 5. The fraction of sp³-hybridized carbons (Fsp3) is 0.522. The highest BCUT2D eigenvalue weighted by molar-refractivity contribution is 7.18. The fourth-order valence-electron chi connectivity index (χ4n) is 3.98. The molecule has 3 aromatic heterocycles. The number of H-pyrrole nitrogens is 1. The van der Waals surface area contributed by atoms with Crippen molar-refractivity contribution in [2.75, 3.05) is 6.61 Å². The Morgan fingerprint density at radius 2 is 1.97 bits per heavy atom. The van der Waals surface area contributed by atoms with E-state index in [1.54, 1.807) is 22.1 Å². The van der Waals surface area contributed by atoms with Crippen molar-refractivity contribution in [3.63, 3.8) is 0 Å². The van der Waals surface area contributed by atoms with Crippen molar-refractivity contribution in [1.29, 1.82) is 0 Å². The number of nitrogens with one attached hydrogen (secondary N) is 1. The average molecular weight is 428 g/mol. The zero-order chi connectivity index (χ0) is 21.4. The first-order valence-electron chi connectivity index (χ1n) is 10.7. The molecule has 0 radical (unpaired) electrons. The molecule has 0 aromatic carbocycles. The van der Waals surface area contributed by atoms with E-state index < -0.39 is 0 Å². The number of thiophene rings is 1. The van der Waals surface area contributed by atoms with E-state index in [4.69, 9.17) is 9.72 Å². The molecule has 0 atom stereocenters. The molecule has 1 aliphatic rings. The van der Waals surface area contributed by atoms with Crippen LogP contribution in [0.4, 0.5) is 0 Å². The summed E-state index contributed by atoms with van der Waals surface area (Å²) >= 11 is 1.67. The van der Waals surface area contributed by atoms with Crippen LogP contribution in [0.2, 0.25) is 0 Å². The third-order valence-corrected chi connectivity index (χ3v) is 6.64. The molecule has 0 bridgehead atoms. The maximum Gasteiger partial charge on any atom is 0.262 e. The van der Waals surface area contributed by atoms with Crippen LogP contribution in [-0.4, -0.2) is 21.1 Å². The van der Waals surface area contributed by atoms with Crippen molar-refractivity contribution >= 4 is 21.6 Å². The smallest absolute Gasteiger partial charge is 0.262 e. The maximum absolute atomic E-state index is 13.5. The standard InChI is InChI=1S/C23H29N3O3S/c1-13(2)12-29-18-10-24-15(9-17(18)27)11-26-21(14(3)4)25-22-20(23(26)28)16-7-5-6-8-19(16)30-22/h9-10,13-14H,5-8,11-12H2,1-4H3,(H,24,27). The SMILES string of the molecule is CC(C)COc1c[nH]c(Cn2c(C(C)C)nc3sc4c(c3c2=O)CCCC4)cc1=O. The number of aromatic amines is 1. The van der Waals surface area contributed by atoms with Crippen LogP contribution in [-0.2, 0) is 19.4 Å². The van der Waals surface area contributed by atoms with Crippen LogP contribution in [0.1, 0.15) is 68.4 Å². The molecule has 6 nitrogen and oxygen atoms in total. The topological polar surface area (TPSA) is 77.0 Å². The molecule has 0 amide bonds. The molecule has 4 rings (SSSR count). The number of aryl methyl sites for hydroxylation is 2. The lowest BCUT2D eigenvalue weighted by Crippen LogP contribution is -2.27. The molecule has 0 saturated carbocycles. The van der Waals surface area contributed by atoms with Gasteiger partial charge in [-0.3, -0.25) is 14.2 Å². The lowest BCUT2D eigenvalue weighted by atomic mass is 9.97. The highest BCUT2D eigenvalue weighted by Gasteiger charge is 2.23. The van der Waals surface area contributed by atoms with Crippen molar-refractivity contribution < 1.29 is 4.74 Å². The predicted octanol–water partition coefficient (Wildman–Crippen LogP) is 4.23. The van der Waals surface area contributed by atoms with Gasteiger partial charge in [-0.1, -0.05) is 27.7 Å². The Kier molecular flexibility index (Phi) is 5.82. The molecule has 3 heterocycles. The van der Waals surface area contributed by atoms with Crippen LogP contribution in [0, 0.1) is 5.92 Å². The van der Waals surface area contributed by atoms with Gasteiger partial charge >= 0.3 is 0 Å². The molecule has 30 heavy (non-hydrogen) atoms. The van der Waals surface area contributed by atoms with Gasteiger partial charge < -0.3 is 9.72 Å². The molecule has 160 valence electrons. The van der Waals surface area contributed by atoms with Crippen LogP contribution in [0.3, 0.4) is 0 Å². The van der Waals surface area contributed by atoms with E-state index in [2.05, 4.69) is 4.98 Å². The molecular formula is C23H29N3O3S. The van der Waals surface area contributed by atoms with E-state index in [0.29, 0.717) is 30.5 Å². The molecule has 7 heteroatoms. The second kappa shape index (κ2) is 8.38. The number of rotatable bonds is 6. The number of aromatic nitrogens is 3. The summed E-state index contributed by atoms with van der Waals surface area (Å²) in [6.07, 6.45) is 5.88. The summed E-state index contributed by atoms with van der Waals surface area (Å²) in [4.78, 5) is 36.2. The van der Waals surface area contributed by atoms with E-state index in [1.165, 1.54) is 22.9 Å². The quantitative estimate of drug-likeness (QED) is 0.639. The number of pyridine rings is 1. The lowest BCUT2D eigenvalue weighted by Gasteiger charge is -2.16. The van der Waals surface area contributed by atoms with Gasteiger partial charge in [-0.15, -0.1) is 11.3 Å². The first kappa shape index (κ1) is 20.8. The third kappa shape index (κ3) is 3.95. The summed E-state index contributed by atoms with van der Waals surface area (Å²) < 4.78 is 7.31. The van der Waals surface area contributed by atoms with Gasteiger partial charge in [-0.2, -0.15) is 0 Å². The van der Waals surface area contributed by atoms with Crippen LogP contribution >= 0.6 is 11.3 Å². The first-order valence-corrected chi connectivity index (χ1v) is 11.6. The number of hydrogen-bond donors (Lipinski definition) is 1. The Labute approximate surface area is 179 Å². The summed E-state index contributed by atoms with van der Waals surface area (Å²) in [5.41, 5.74) is 1.69. The Morgan fingerprint density at radius 1 is 1.20 bits per heavy atom. The fourth-order valence-corrected chi connectivity index (χ4v) is 5.24. The van der Waals surface area contributed by atoms with Gasteiger partial charge in [0.2, 0.25) is 5.43 Å². The lowest BCUT2D eigenvalue weighted by molar-refractivity contribution is 0.267. The molecule has 0 saturated heterocycles. The zero-order valence-corrected chi connectivity index (χ0v) is 18.9. The van der Waals surface area contributed by atoms with Crippen LogP contribution in [0.25, 0.3) is 10.2 Å². The molecule has 1 N–H and O–H groups in total. The summed E-state index contributed by atoms with van der Waals surface area (Å²) in [5.74, 6) is 1.50. The average Bonchev–Trinajstić information content (AvgIpc) is 3.07. The van der Waals surface area contributed by atoms with Crippen LogP contribution < -0.4 is 15.7 Å². The summed E-state index contributed by atoms with van der Waals surface area (Å²) in [5, 5.41) is 0.776. The van der Waals surface area contributed by atoms with Gasteiger partial charge in [-0.25, -0.2) is 4.98 Å². The van der Waals surface area contributed by atoms with Crippen molar-refractivity contribution in [1.82, 2.24) is 14.5 Å². The van der Waals surface area contributed by atoms with Gasteiger partial charge in [-0.05, 0) is 37.2 Å². The van der Waals surface area contributed by atoms with Gasteiger partial charge in [0, 0.05) is 28.8 Å². The van der Waals surface area contributed by atoms with E-state index in [0.717, 1.165) is 35.3 Å². The minimum atomic E-state index is -0.175. The van der Waals surface area contributed by atoms with Crippen LogP contribution in [0.15, 0.2) is 21.9 Å². The van der Waals surface area contributed by atoms with E-state index in [-0.39, 0.29) is 16.9 Å². The predicted molar refractivity (Wildman–Crippen MR) is 121 cm³/mol. The van der Waals surface area contributed by atoms with E-state index in [1.807, 2.05) is 27.7 Å². The molecule has 1 aliphatic carbocycles. The second-order valence-corrected chi connectivity index (χ2v) is 9.88. The van der Waals surface area contributed by atoms with Crippen molar-refractivity contribution in [3.05, 3.63) is 54.8 Å². The third-order valence-electron chi connectivity index (χ3n) is 5.46. The zero-order valence-electron chi connectivity index (χ0n) is 18.1. The monoisotopic (exact) mass is 427 g/mol. The Morgan fingerprint density at radius 3 is 2.67 bits per heavy atom. The summed E-state index contributed by atoms with van der Waals surface area (Å²) in [6, 6.07) is 1.53. The molecule has 0 fully saturated rings. The van der Waals surface area contributed by atoms with Crippen molar-refractivity contribution in [2.24, 2.45) is 5.92 Å². The molecule has 0 spiro atoms. The van der Waals surface area contributed by atoms with E-state index >= 15 is 0 Å². The highest BCUT2D eigenvalue weighted by Crippen LogP contribution is 2.34. The highest BCUT2D eigenvalue weighted by atomic mass is 32.1. The van der Waals surface area contributed by atoms with E-state index in [9.17, 15) is 9.59 Å². The molecule has 3 aromatic rings. The van der Waals surface area contributed by atoms with Gasteiger partial charge in [0.05, 0.1) is 18.5 Å². The van der Waals surface area contributed by atoms with Crippen LogP contribution in [0.5, 0.6) is 5.75 Å². The summed E-state index contributed by atoms with van der Waals surface area (Å²) in [6.45, 7) is 8.94. The minimum absolute atomic E-state index is 0.00378. The number of nitrogens with zero attached hydrogens (tertiary/aromatic N) is 2.